The summed E-state index contributed by atoms with van der Waals surface area (Å²) in [6.45, 7) is 4.44. The second kappa shape index (κ2) is 9.26. The Morgan fingerprint density at radius 1 is 1.14 bits per heavy atom. The van der Waals surface area contributed by atoms with Crippen molar-refractivity contribution in [2.45, 2.75) is 13.8 Å². The molecule has 2 aromatic rings. The summed E-state index contributed by atoms with van der Waals surface area (Å²) in [4.78, 5) is 26.4. The average Bonchev–Trinajstić information content (AvgIpc) is 2.92. The number of carbonyl (C=O) groups excluding carboxylic acids is 2. The van der Waals surface area contributed by atoms with E-state index in [0.717, 1.165) is 38.7 Å². The maximum Gasteiger partial charge on any atom is 0.293 e. The van der Waals surface area contributed by atoms with E-state index < -0.39 is 0 Å². The molecule has 4 nitrogen and oxygen atoms in total. The van der Waals surface area contributed by atoms with E-state index in [0.29, 0.717) is 4.91 Å². The number of ether oxygens (including phenoxy) is 1. The van der Waals surface area contributed by atoms with Gasteiger partial charge in [-0.3, -0.25) is 14.5 Å². The SMILES string of the molecule is Cc1ccc(C)c(OCCN2C(=O)S/C(=C\C(Br)=C\c3ccccc3)C2=O)c1. The van der Waals surface area contributed by atoms with Gasteiger partial charge in [0.25, 0.3) is 11.1 Å². The van der Waals surface area contributed by atoms with Crippen LogP contribution in [0.15, 0.2) is 64.0 Å². The molecular formula is C22H20BrNO3S. The average molecular weight is 458 g/mol. The molecular weight excluding hydrogens is 438 g/mol. The van der Waals surface area contributed by atoms with Gasteiger partial charge in [0.1, 0.15) is 12.4 Å². The van der Waals surface area contributed by atoms with Gasteiger partial charge >= 0.3 is 0 Å². The second-order valence-corrected chi connectivity index (χ2v) is 8.30. The molecule has 28 heavy (non-hydrogen) atoms. The summed E-state index contributed by atoms with van der Waals surface area (Å²) < 4.78 is 6.51. The van der Waals surface area contributed by atoms with E-state index in [4.69, 9.17) is 4.74 Å². The number of aryl methyl sites for hydroxylation is 2. The predicted molar refractivity (Wildman–Crippen MR) is 118 cm³/mol. The van der Waals surface area contributed by atoms with Crippen LogP contribution in [0.2, 0.25) is 0 Å². The molecule has 0 aliphatic carbocycles. The van der Waals surface area contributed by atoms with Gasteiger partial charge in [-0.1, -0.05) is 58.4 Å². The molecule has 6 heteroatoms. The van der Waals surface area contributed by atoms with Gasteiger partial charge in [0.2, 0.25) is 0 Å². The summed E-state index contributed by atoms with van der Waals surface area (Å²) in [5, 5.41) is -0.277. The van der Waals surface area contributed by atoms with Crippen LogP contribution in [0.5, 0.6) is 5.75 Å². The quantitative estimate of drug-likeness (QED) is 0.522. The zero-order chi connectivity index (χ0) is 20.1. The molecule has 1 aliphatic heterocycles. The molecule has 1 saturated heterocycles. The topological polar surface area (TPSA) is 46.6 Å². The Bertz CT molecular complexity index is 954. The van der Waals surface area contributed by atoms with Crippen LogP contribution in [-0.4, -0.2) is 29.2 Å². The first-order valence-corrected chi connectivity index (χ1v) is 10.4. The van der Waals surface area contributed by atoms with Crippen molar-refractivity contribution in [3.8, 4) is 5.75 Å². The zero-order valence-corrected chi connectivity index (χ0v) is 18.0. The summed E-state index contributed by atoms with van der Waals surface area (Å²) in [6.07, 6.45) is 3.58. The Morgan fingerprint density at radius 3 is 2.64 bits per heavy atom. The van der Waals surface area contributed by atoms with Gasteiger partial charge in [0.15, 0.2) is 0 Å². The molecule has 0 aromatic heterocycles. The predicted octanol–water partition coefficient (Wildman–Crippen LogP) is 5.70. The van der Waals surface area contributed by atoms with Crippen LogP contribution in [0.1, 0.15) is 16.7 Å². The number of amides is 2. The van der Waals surface area contributed by atoms with E-state index >= 15 is 0 Å². The van der Waals surface area contributed by atoms with Gasteiger partial charge in [-0.15, -0.1) is 0 Å². The Kier molecular flexibility index (Phi) is 6.75. The van der Waals surface area contributed by atoms with Crippen molar-refractivity contribution in [1.29, 1.82) is 0 Å². The molecule has 0 N–H and O–H groups in total. The van der Waals surface area contributed by atoms with Crippen molar-refractivity contribution in [1.82, 2.24) is 4.90 Å². The van der Waals surface area contributed by atoms with Gasteiger partial charge in [-0.2, -0.15) is 0 Å². The van der Waals surface area contributed by atoms with E-state index in [9.17, 15) is 9.59 Å². The normalized spacial score (nSPS) is 16.2. The first kappa shape index (κ1) is 20.4. The minimum atomic E-state index is -0.294. The van der Waals surface area contributed by atoms with Gasteiger partial charge in [0, 0.05) is 4.48 Å². The molecule has 3 rings (SSSR count). The molecule has 1 aliphatic rings. The molecule has 2 amide bonds. The summed E-state index contributed by atoms with van der Waals surface area (Å²) in [5.74, 6) is 0.481. The molecule has 0 bridgehead atoms. The van der Waals surface area contributed by atoms with E-state index in [2.05, 4.69) is 15.9 Å². The molecule has 2 aromatic carbocycles. The number of hydrogen-bond donors (Lipinski definition) is 0. The fraction of sp³-hybridized carbons (Fsp3) is 0.182. The minimum Gasteiger partial charge on any atom is -0.491 e. The Morgan fingerprint density at radius 2 is 1.89 bits per heavy atom. The van der Waals surface area contributed by atoms with Crippen molar-refractivity contribution >= 4 is 44.9 Å². The summed E-state index contributed by atoms with van der Waals surface area (Å²) in [6, 6.07) is 15.7. The number of carbonyl (C=O) groups is 2. The standard InChI is InChI=1S/C22H20BrNO3S/c1-15-8-9-16(2)19(12-15)27-11-10-24-21(25)20(28-22(24)26)14-18(23)13-17-6-4-3-5-7-17/h3-9,12-14H,10-11H2,1-2H3/b18-13-,20-14-. The lowest BCUT2D eigenvalue weighted by atomic mass is 10.1. The van der Waals surface area contributed by atoms with Gasteiger partial charge in [-0.05, 0) is 60.5 Å². The Hall–Kier alpha value is -2.31. The summed E-state index contributed by atoms with van der Waals surface area (Å²) in [7, 11) is 0. The monoisotopic (exact) mass is 457 g/mol. The highest BCUT2D eigenvalue weighted by atomic mass is 79.9. The lowest BCUT2D eigenvalue weighted by Crippen LogP contribution is -2.32. The van der Waals surface area contributed by atoms with Crippen LogP contribution in [0, 0.1) is 13.8 Å². The fourth-order valence-electron chi connectivity index (χ4n) is 2.68. The van der Waals surface area contributed by atoms with E-state index in [1.54, 1.807) is 6.08 Å². The van der Waals surface area contributed by atoms with E-state index in [1.807, 2.05) is 68.5 Å². The molecule has 0 radical (unpaired) electrons. The van der Waals surface area contributed by atoms with Gasteiger partial charge in [-0.25, -0.2) is 0 Å². The zero-order valence-electron chi connectivity index (χ0n) is 15.6. The number of hydrogen-bond acceptors (Lipinski definition) is 4. The van der Waals surface area contributed by atoms with Crippen LogP contribution in [0.25, 0.3) is 6.08 Å². The highest BCUT2D eigenvalue weighted by Gasteiger charge is 2.34. The molecule has 144 valence electrons. The number of halogens is 1. The summed E-state index contributed by atoms with van der Waals surface area (Å²) in [5.41, 5.74) is 3.13. The van der Waals surface area contributed by atoms with Gasteiger partial charge < -0.3 is 4.74 Å². The molecule has 1 fully saturated rings. The van der Waals surface area contributed by atoms with Crippen molar-refractivity contribution in [2.24, 2.45) is 0 Å². The molecule has 0 atom stereocenters. The Labute approximate surface area is 177 Å². The van der Waals surface area contributed by atoms with Gasteiger partial charge in [0.05, 0.1) is 11.4 Å². The minimum absolute atomic E-state index is 0.218. The number of nitrogens with zero attached hydrogens (tertiary/aromatic N) is 1. The second-order valence-electron chi connectivity index (χ2n) is 6.39. The Balaban J connectivity index is 1.63. The highest BCUT2D eigenvalue weighted by Crippen LogP contribution is 2.32. The maximum absolute atomic E-state index is 12.6. The van der Waals surface area contributed by atoms with Crippen LogP contribution < -0.4 is 4.74 Å². The first-order valence-electron chi connectivity index (χ1n) is 8.82. The van der Waals surface area contributed by atoms with E-state index in [1.165, 1.54) is 4.90 Å². The number of rotatable bonds is 6. The third-order valence-corrected chi connectivity index (χ3v) is 5.53. The number of thioether (sulfide) groups is 1. The van der Waals surface area contributed by atoms with Crippen molar-refractivity contribution in [3.05, 3.63) is 80.7 Å². The van der Waals surface area contributed by atoms with E-state index in [-0.39, 0.29) is 24.3 Å². The van der Waals surface area contributed by atoms with Crippen LogP contribution in [-0.2, 0) is 4.79 Å². The molecule has 0 spiro atoms. The highest BCUT2D eigenvalue weighted by molar-refractivity contribution is 9.12. The van der Waals surface area contributed by atoms with Crippen molar-refractivity contribution in [2.75, 3.05) is 13.2 Å². The lowest BCUT2D eigenvalue weighted by Gasteiger charge is -2.14. The smallest absolute Gasteiger partial charge is 0.293 e. The maximum atomic E-state index is 12.6. The fourth-order valence-corrected chi connectivity index (χ4v) is 4.18. The van der Waals surface area contributed by atoms with Crippen molar-refractivity contribution in [3.63, 3.8) is 0 Å². The third kappa shape index (κ3) is 5.14. The molecule has 0 saturated carbocycles. The lowest BCUT2D eigenvalue weighted by molar-refractivity contribution is -0.123. The summed E-state index contributed by atoms with van der Waals surface area (Å²) >= 11 is 4.40. The largest absolute Gasteiger partial charge is 0.491 e. The van der Waals surface area contributed by atoms with Crippen LogP contribution in [0.4, 0.5) is 4.79 Å². The number of benzene rings is 2. The number of allylic oxidation sites excluding steroid dienone is 2. The third-order valence-electron chi connectivity index (χ3n) is 4.16. The molecule has 1 heterocycles. The molecule has 0 unspecified atom stereocenters. The first-order chi connectivity index (χ1) is 13.4. The van der Waals surface area contributed by atoms with Crippen LogP contribution in [0.3, 0.4) is 0 Å². The van der Waals surface area contributed by atoms with Crippen molar-refractivity contribution < 1.29 is 14.3 Å². The van der Waals surface area contributed by atoms with Crippen LogP contribution >= 0.6 is 27.7 Å². The number of imide groups is 1.